The number of alkyl halides is 6. The average molecular weight is 504 g/mol. The second-order valence-electron chi connectivity index (χ2n) is 9.99. The first-order valence-corrected chi connectivity index (χ1v) is 10.9. The Hall–Kier alpha value is -2.52. The summed E-state index contributed by atoms with van der Waals surface area (Å²) in [5.41, 5.74) is 2.03. The number of hydrogen-bond donors (Lipinski definition) is 3. The quantitative estimate of drug-likeness (QED) is 0.307. The summed E-state index contributed by atoms with van der Waals surface area (Å²) in [6.45, 7) is 8.38. The van der Waals surface area contributed by atoms with Crippen LogP contribution in [-0.2, 0) is 5.41 Å². The van der Waals surface area contributed by atoms with E-state index in [0.717, 1.165) is 16.7 Å². The van der Waals surface area contributed by atoms with Crippen molar-refractivity contribution in [3.05, 3.63) is 70.3 Å². The summed E-state index contributed by atoms with van der Waals surface area (Å²) in [4.78, 5) is 0. The predicted octanol–water partition coefficient (Wildman–Crippen LogP) is 6.61. The van der Waals surface area contributed by atoms with Crippen molar-refractivity contribution >= 4 is 11.3 Å². The summed E-state index contributed by atoms with van der Waals surface area (Å²) in [6, 6.07) is 10.1. The zero-order chi connectivity index (χ0) is 27.2. The van der Waals surface area contributed by atoms with Crippen LogP contribution in [0.3, 0.4) is 0 Å². The van der Waals surface area contributed by atoms with Gasteiger partial charge in [-0.2, -0.15) is 26.3 Å². The van der Waals surface area contributed by atoms with E-state index in [9.17, 15) is 36.6 Å². The van der Waals surface area contributed by atoms with Crippen LogP contribution in [0.15, 0.2) is 42.5 Å². The Morgan fingerprint density at radius 3 is 1.86 bits per heavy atom. The Balaban J connectivity index is 2.64. The van der Waals surface area contributed by atoms with Gasteiger partial charge in [0.2, 0.25) is 0 Å². The second kappa shape index (κ2) is 9.17. The molecule has 0 bridgehead atoms. The minimum Gasteiger partial charge on any atom is -0.399 e. The zero-order valence-electron chi connectivity index (χ0n) is 20.5. The van der Waals surface area contributed by atoms with Crippen LogP contribution < -0.4 is 5.73 Å². The summed E-state index contributed by atoms with van der Waals surface area (Å²) < 4.78 is 80.1. The number of anilines is 1. The van der Waals surface area contributed by atoms with E-state index in [1.807, 2.05) is 32.9 Å². The Bertz CT molecular complexity index is 1110. The van der Waals surface area contributed by atoms with Crippen LogP contribution in [0.25, 0.3) is 5.57 Å². The molecule has 0 radical (unpaired) electrons. The van der Waals surface area contributed by atoms with Crippen LogP contribution in [0.1, 0.15) is 61.9 Å². The highest BCUT2D eigenvalue weighted by molar-refractivity contribution is 5.69. The van der Waals surface area contributed by atoms with E-state index < -0.39 is 41.0 Å². The third-order valence-electron chi connectivity index (χ3n) is 6.44. The lowest BCUT2D eigenvalue weighted by Crippen LogP contribution is -2.43. The normalized spacial score (nSPS) is 17.1. The summed E-state index contributed by atoms with van der Waals surface area (Å²) in [6.07, 6.45) is -11.1. The fourth-order valence-electron chi connectivity index (χ4n) is 3.91. The summed E-state index contributed by atoms with van der Waals surface area (Å²) in [5, 5.41) is 20.0. The maximum atomic E-state index is 13.4. The standard InChI is InChI=1S/C26H31F6NO2/c1-15-11-17(7-9-20(15)22(3,4)19-8-10-21(33)16(2)12-19)18(13-23(5,34)25(27,28)29)14-24(6,35)26(30,31)32/h7-13,34-35H,14,33H2,1-6H3/b18-13+. The largest absolute Gasteiger partial charge is 0.420 e. The van der Waals surface area contributed by atoms with Crippen LogP contribution in [0.4, 0.5) is 32.0 Å². The van der Waals surface area contributed by atoms with Crippen molar-refractivity contribution in [2.45, 2.75) is 76.9 Å². The SMILES string of the molecule is Cc1cc(C(C)(C)c2ccc(/C(=C/C(C)(O)C(F)(F)F)CC(C)(O)C(F)(F)F)cc2C)ccc1N. The molecule has 0 aliphatic rings. The highest BCUT2D eigenvalue weighted by Gasteiger charge is 2.52. The Labute approximate surface area is 201 Å². The summed E-state index contributed by atoms with van der Waals surface area (Å²) in [7, 11) is 0. The molecule has 35 heavy (non-hydrogen) atoms. The zero-order valence-corrected chi connectivity index (χ0v) is 20.5. The van der Waals surface area contributed by atoms with E-state index in [0.29, 0.717) is 31.2 Å². The minimum atomic E-state index is -5.13. The van der Waals surface area contributed by atoms with Crippen molar-refractivity contribution in [3.63, 3.8) is 0 Å². The second-order valence-corrected chi connectivity index (χ2v) is 9.99. The fourth-order valence-corrected chi connectivity index (χ4v) is 3.91. The van der Waals surface area contributed by atoms with Gasteiger partial charge in [-0.05, 0) is 73.2 Å². The molecule has 0 amide bonds. The van der Waals surface area contributed by atoms with E-state index in [-0.39, 0.29) is 5.56 Å². The van der Waals surface area contributed by atoms with Crippen molar-refractivity contribution < 1.29 is 36.6 Å². The maximum Gasteiger partial charge on any atom is 0.420 e. The molecule has 0 aliphatic carbocycles. The molecule has 0 aliphatic heterocycles. The molecule has 0 heterocycles. The number of rotatable bonds is 6. The van der Waals surface area contributed by atoms with Gasteiger partial charge in [-0.25, -0.2) is 0 Å². The van der Waals surface area contributed by atoms with Gasteiger partial charge in [-0.1, -0.05) is 44.2 Å². The van der Waals surface area contributed by atoms with Gasteiger partial charge in [0.25, 0.3) is 0 Å². The van der Waals surface area contributed by atoms with Gasteiger partial charge in [-0.15, -0.1) is 0 Å². The first-order valence-electron chi connectivity index (χ1n) is 10.9. The Morgan fingerprint density at radius 1 is 0.829 bits per heavy atom. The van der Waals surface area contributed by atoms with Gasteiger partial charge < -0.3 is 15.9 Å². The Kier molecular flexibility index (Phi) is 7.52. The van der Waals surface area contributed by atoms with Crippen LogP contribution in [0, 0.1) is 13.8 Å². The van der Waals surface area contributed by atoms with Crippen molar-refractivity contribution in [1.29, 1.82) is 0 Å². The van der Waals surface area contributed by atoms with Gasteiger partial charge in [-0.3, -0.25) is 0 Å². The molecule has 0 fully saturated rings. The predicted molar refractivity (Wildman–Crippen MR) is 125 cm³/mol. The third kappa shape index (κ3) is 6.01. The number of halogens is 6. The van der Waals surface area contributed by atoms with Gasteiger partial charge in [0.1, 0.15) is 0 Å². The van der Waals surface area contributed by atoms with Crippen molar-refractivity contribution in [2.75, 3.05) is 5.73 Å². The van der Waals surface area contributed by atoms with Crippen LogP contribution in [-0.4, -0.2) is 33.8 Å². The van der Waals surface area contributed by atoms with E-state index in [1.165, 1.54) is 12.1 Å². The molecule has 0 saturated heterocycles. The Morgan fingerprint density at radius 2 is 1.40 bits per heavy atom. The molecular weight excluding hydrogens is 472 g/mol. The molecule has 9 heteroatoms. The molecule has 2 aromatic rings. The fraction of sp³-hybridized carbons (Fsp3) is 0.462. The smallest absolute Gasteiger partial charge is 0.399 e. The van der Waals surface area contributed by atoms with E-state index in [2.05, 4.69) is 0 Å². The highest BCUT2D eigenvalue weighted by Crippen LogP contribution is 2.42. The number of nitrogen functional groups attached to an aromatic ring is 1. The molecule has 194 valence electrons. The molecule has 2 rings (SSSR count). The number of aliphatic hydroxyl groups is 2. The molecule has 2 atom stereocenters. The molecule has 4 N–H and O–H groups in total. The van der Waals surface area contributed by atoms with Crippen LogP contribution >= 0.6 is 0 Å². The van der Waals surface area contributed by atoms with Gasteiger partial charge in [0.05, 0.1) is 0 Å². The summed E-state index contributed by atoms with van der Waals surface area (Å²) in [5.74, 6) is 0. The average Bonchev–Trinajstić information content (AvgIpc) is 2.67. The maximum absolute atomic E-state index is 13.4. The first kappa shape index (κ1) is 28.7. The number of benzene rings is 2. The monoisotopic (exact) mass is 503 g/mol. The van der Waals surface area contributed by atoms with Gasteiger partial charge >= 0.3 is 12.4 Å². The number of nitrogens with two attached hydrogens (primary N) is 1. The topological polar surface area (TPSA) is 66.5 Å². The number of hydrogen-bond acceptors (Lipinski definition) is 3. The highest BCUT2D eigenvalue weighted by atomic mass is 19.4. The van der Waals surface area contributed by atoms with Crippen molar-refractivity contribution in [3.8, 4) is 0 Å². The third-order valence-corrected chi connectivity index (χ3v) is 6.44. The van der Waals surface area contributed by atoms with Crippen molar-refractivity contribution in [1.82, 2.24) is 0 Å². The minimum absolute atomic E-state index is 0.0320. The molecule has 2 aromatic carbocycles. The van der Waals surface area contributed by atoms with Gasteiger partial charge in [0, 0.05) is 17.5 Å². The molecular formula is C26H31F6NO2. The van der Waals surface area contributed by atoms with E-state index in [4.69, 9.17) is 5.73 Å². The molecule has 0 saturated carbocycles. The molecule has 3 nitrogen and oxygen atoms in total. The van der Waals surface area contributed by atoms with Gasteiger partial charge in [0.15, 0.2) is 11.2 Å². The lowest BCUT2D eigenvalue weighted by atomic mass is 9.75. The lowest BCUT2D eigenvalue weighted by molar-refractivity contribution is -0.250. The van der Waals surface area contributed by atoms with Crippen LogP contribution in [0.2, 0.25) is 0 Å². The number of aryl methyl sites for hydroxylation is 2. The molecule has 0 aromatic heterocycles. The summed E-state index contributed by atoms with van der Waals surface area (Å²) >= 11 is 0. The van der Waals surface area contributed by atoms with E-state index in [1.54, 1.807) is 19.1 Å². The first-order chi connectivity index (χ1) is 15.6. The van der Waals surface area contributed by atoms with E-state index >= 15 is 0 Å². The van der Waals surface area contributed by atoms with Crippen LogP contribution in [0.5, 0.6) is 0 Å². The van der Waals surface area contributed by atoms with Crippen molar-refractivity contribution in [2.24, 2.45) is 0 Å². The molecule has 0 spiro atoms. The lowest BCUT2D eigenvalue weighted by Gasteiger charge is -2.31. The molecule has 2 unspecified atom stereocenters.